The average Bonchev–Trinajstić information content (AvgIpc) is 3.36. The molecule has 5 rings (SSSR count). The molecule has 0 unspecified atom stereocenters. The average molecular weight is 394 g/mol. The Labute approximate surface area is 169 Å². The lowest BCUT2D eigenvalue weighted by Crippen LogP contribution is -2.33. The number of carbonyl (C=O) groups excluding carboxylic acids is 1. The van der Waals surface area contributed by atoms with Gasteiger partial charge >= 0.3 is 0 Å². The minimum Gasteiger partial charge on any atom is -0.466 e. The maximum Gasteiger partial charge on any atom is 0.259 e. The van der Waals surface area contributed by atoms with Crippen LogP contribution in [0.3, 0.4) is 0 Å². The molecule has 0 bridgehead atoms. The summed E-state index contributed by atoms with van der Waals surface area (Å²) in [6.45, 7) is 9.38. The number of nitrogens with zero attached hydrogens (tertiary/aromatic N) is 3. The first-order valence-corrected chi connectivity index (χ1v) is 10.4. The number of fused-ring (bicyclic) bond motifs is 2. The van der Waals surface area contributed by atoms with Crippen molar-refractivity contribution < 1.29 is 13.7 Å². The third-order valence-electron chi connectivity index (χ3n) is 6.47. The molecular formula is C22H26N4O3. The molecule has 0 radical (unpaired) electrons. The first-order valence-electron chi connectivity index (χ1n) is 10.4. The van der Waals surface area contributed by atoms with Crippen molar-refractivity contribution in [1.29, 1.82) is 0 Å². The summed E-state index contributed by atoms with van der Waals surface area (Å²) in [5, 5.41) is 8.27. The van der Waals surface area contributed by atoms with Gasteiger partial charge in [0, 0.05) is 18.7 Å². The summed E-state index contributed by atoms with van der Waals surface area (Å²) < 4.78 is 11.1. The Morgan fingerprint density at radius 1 is 1.14 bits per heavy atom. The van der Waals surface area contributed by atoms with E-state index in [1.807, 2.05) is 37.8 Å². The maximum absolute atomic E-state index is 13.6. The molecule has 2 aliphatic rings. The Morgan fingerprint density at radius 2 is 1.86 bits per heavy atom. The summed E-state index contributed by atoms with van der Waals surface area (Å²) in [6.07, 6.45) is 2.10. The van der Waals surface area contributed by atoms with Crippen molar-refractivity contribution in [3.05, 3.63) is 34.9 Å². The van der Waals surface area contributed by atoms with Crippen LogP contribution in [-0.2, 0) is 0 Å². The number of rotatable bonds is 2. The SMILES string of the molecule is Cc1cc(-c2cc(C(=O)N3CC[C@@H]4CNC[C@@H]4CC3)c3c(C)noc3n2)c(C)o1. The van der Waals surface area contributed by atoms with Gasteiger partial charge in [-0.2, -0.15) is 0 Å². The lowest BCUT2D eigenvalue weighted by Gasteiger charge is -2.21. The highest BCUT2D eigenvalue weighted by Gasteiger charge is 2.32. The first-order chi connectivity index (χ1) is 14.0. The van der Waals surface area contributed by atoms with E-state index in [9.17, 15) is 4.79 Å². The van der Waals surface area contributed by atoms with Gasteiger partial charge in [-0.3, -0.25) is 4.79 Å². The largest absolute Gasteiger partial charge is 0.466 e. The summed E-state index contributed by atoms with van der Waals surface area (Å²) in [5.74, 6) is 2.98. The van der Waals surface area contributed by atoms with Crippen LogP contribution >= 0.6 is 0 Å². The molecule has 2 fully saturated rings. The monoisotopic (exact) mass is 394 g/mol. The highest BCUT2D eigenvalue weighted by atomic mass is 16.5. The smallest absolute Gasteiger partial charge is 0.259 e. The molecule has 0 aliphatic carbocycles. The quantitative estimate of drug-likeness (QED) is 0.716. The molecule has 152 valence electrons. The van der Waals surface area contributed by atoms with E-state index in [4.69, 9.17) is 8.94 Å². The number of hydrogen-bond donors (Lipinski definition) is 1. The summed E-state index contributed by atoms with van der Waals surface area (Å²) in [5.41, 5.74) is 3.27. The van der Waals surface area contributed by atoms with Crippen molar-refractivity contribution in [3.8, 4) is 11.3 Å². The number of carbonyl (C=O) groups is 1. The van der Waals surface area contributed by atoms with Crippen molar-refractivity contribution in [1.82, 2.24) is 20.4 Å². The first kappa shape index (κ1) is 18.4. The van der Waals surface area contributed by atoms with Gasteiger partial charge in [-0.25, -0.2) is 4.98 Å². The van der Waals surface area contributed by atoms with Crippen LogP contribution in [-0.4, -0.2) is 47.1 Å². The summed E-state index contributed by atoms with van der Waals surface area (Å²) in [4.78, 5) is 20.2. The molecule has 1 amide bonds. The molecular weight excluding hydrogens is 368 g/mol. The molecule has 0 saturated carbocycles. The normalized spacial score (nSPS) is 22.1. The zero-order valence-corrected chi connectivity index (χ0v) is 17.1. The second-order valence-electron chi connectivity index (χ2n) is 8.38. The van der Waals surface area contributed by atoms with Crippen molar-refractivity contribution in [3.63, 3.8) is 0 Å². The molecule has 2 aliphatic heterocycles. The zero-order valence-electron chi connectivity index (χ0n) is 17.1. The van der Waals surface area contributed by atoms with E-state index in [0.29, 0.717) is 39.9 Å². The lowest BCUT2D eigenvalue weighted by molar-refractivity contribution is 0.0760. The van der Waals surface area contributed by atoms with Gasteiger partial charge in [0.05, 0.1) is 22.3 Å². The molecule has 2 atom stereocenters. The number of nitrogens with one attached hydrogen (secondary N) is 1. The fourth-order valence-electron chi connectivity index (χ4n) is 4.88. The lowest BCUT2D eigenvalue weighted by atomic mass is 9.92. The van der Waals surface area contributed by atoms with Crippen molar-refractivity contribution >= 4 is 17.0 Å². The molecule has 7 heteroatoms. The molecule has 3 aromatic heterocycles. The van der Waals surface area contributed by atoms with E-state index in [1.54, 1.807) is 0 Å². The molecule has 1 N–H and O–H groups in total. The minimum absolute atomic E-state index is 0.0377. The number of aryl methyl sites for hydroxylation is 3. The van der Waals surface area contributed by atoms with Crippen LogP contribution in [0, 0.1) is 32.6 Å². The number of furan rings is 1. The van der Waals surface area contributed by atoms with Gasteiger partial charge < -0.3 is 19.2 Å². The van der Waals surface area contributed by atoms with E-state index < -0.39 is 0 Å². The van der Waals surface area contributed by atoms with Crippen LogP contribution in [0.4, 0.5) is 0 Å². The molecule has 5 heterocycles. The Morgan fingerprint density at radius 3 is 2.52 bits per heavy atom. The number of likely N-dealkylation sites (tertiary alicyclic amines) is 1. The summed E-state index contributed by atoms with van der Waals surface area (Å²) in [7, 11) is 0. The third-order valence-corrected chi connectivity index (χ3v) is 6.47. The van der Waals surface area contributed by atoms with Crippen LogP contribution in [0.25, 0.3) is 22.4 Å². The summed E-state index contributed by atoms with van der Waals surface area (Å²) >= 11 is 0. The van der Waals surface area contributed by atoms with Crippen LogP contribution in [0.15, 0.2) is 21.1 Å². The molecule has 0 spiro atoms. The van der Waals surface area contributed by atoms with Gasteiger partial charge in [0.2, 0.25) is 0 Å². The number of aromatic nitrogens is 2. The van der Waals surface area contributed by atoms with Crippen LogP contribution in [0.5, 0.6) is 0 Å². The number of hydrogen-bond acceptors (Lipinski definition) is 6. The Kier molecular flexibility index (Phi) is 4.42. The topological polar surface area (TPSA) is 84.4 Å². The molecule has 2 saturated heterocycles. The standard InChI is InChI=1S/C22H26N4O3/c1-12-8-17(14(3)28-12)19-9-18(20-13(2)25-29-21(20)24-19)22(27)26-6-4-15-10-23-11-16(15)5-7-26/h8-9,15-16,23H,4-7,10-11H2,1-3H3/t15-,16+. The second-order valence-corrected chi connectivity index (χ2v) is 8.38. The fraction of sp³-hybridized carbons (Fsp3) is 0.500. The third kappa shape index (κ3) is 3.13. The van der Waals surface area contributed by atoms with E-state index >= 15 is 0 Å². The molecule has 7 nitrogen and oxygen atoms in total. The van der Waals surface area contributed by atoms with E-state index in [1.165, 1.54) is 0 Å². The van der Waals surface area contributed by atoms with Gasteiger partial charge in [0.25, 0.3) is 11.6 Å². The van der Waals surface area contributed by atoms with Gasteiger partial charge in [-0.05, 0) is 70.7 Å². The molecule has 29 heavy (non-hydrogen) atoms. The zero-order chi connectivity index (χ0) is 20.1. The molecule has 0 aromatic carbocycles. The summed E-state index contributed by atoms with van der Waals surface area (Å²) in [6, 6.07) is 3.82. The Balaban J connectivity index is 1.55. The molecule has 3 aromatic rings. The second kappa shape index (κ2) is 6.99. The predicted octanol–water partition coefficient (Wildman–Crippen LogP) is 3.48. The maximum atomic E-state index is 13.6. The van der Waals surface area contributed by atoms with Gasteiger partial charge in [0.1, 0.15) is 11.5 Å². The predicted molar refractivity (Wildman–Crippen MR) is 109 cm³/mol. The van der Waals surface area contributed by atoms with Gasteiger partial charge in [-0.15, -0.1) is 0 Å². The van der Waals surface area contributed by atoms with Crippen LogP contribution in [0.2, 0.25) is 0 Å². The van der Waals surface area contributed by atoms with Crippen molar-refractivity contribution in [2.24, 2.45) is 11.8 Å². The Bertz CT molecular complexity index is 1070. The van der Waals surface area contributed by atoms with Crippen molar-refractivity contribution in [2.75, 3.05) is 26.2 Å². The minimum atomic E-state index is 0.0377. The van der Waals surface area contributed by atoms with E-state index in [2.05, 4.69) is 15.5 Å². The van der Waals surface area contributed by atoms with Gasteiger partial charge in [-0.1, -0.05) is 5.16 Å². The number of pyridine rings is 1. The Hall–Kier alpha value is -2.67. The fourth-order valence-corrected chi connectivity index (χ4v) is 4.88. The highest BCUT2D eigenvalue weighted by molar-refractivity contribution is 6.07. The van der Waals surface area contributed by atoms with Crippen molar-refractivity contribution in [2.45, 2.75) is 33.6 Å². The number of amides is 1. The highest BCUT2D eigenvalue weighted by Crippen LogP contribution is 2.32. The van der Waals surface area contributed by atoms with E-state index in [0.717, 1.165) is 56.1 Å². The van der Waals surface area contributed by atoms with Gasteiger partial charge in [0.15, 0.2) is 0 Å². The van der Waals surface area contributed by atoms with E-state index in [-0.39, 0.29) is 5.91 Å². The van der Waals surface area contributed by atoms with Crippen LogP contribution < -0.4 is 5.32 Å². The van der Waals surface area contributed by atoms with Crippen LogP contribution in [0.1, 0.15) is 40.4 Å².